The van der Waals surface area contributed by atoms with E-state index in [1.54, 1.807) is 6.92 Å². The molecule has 8 heteroatoms. The van der Waals surface area contributed by atoms with Crippen LogP contribution in [-0.4, -0.2) is 70.1 Å². The lowest BCUT2D eigenvalue weighted by molar-refractivity contribution is -0.141. The first-order chi connectivity index (χ1) is 9.95. The molecule has 0 radical (unpaired) electrons. The summed E-state index contributed by atoms with van der Waals surface area (Å²) in [6.07, 6.45) is 2.07. The molecule has 1 saturated heterocycles. The maximum absolute atomic E-state index is 12.5. The number of likely N-dealkylation sites (N-methyl/N-ethyl adjacent to an activating group) is 2. The van der Waals surface area contributed by atoms with Gasteiger partial charge in [-0.3, -0.25) is 9.69 Å². The second-order valence-corrected chi connectivity index (χ2v) is 6.56. The zero-order valence-electron chi connectivity index (χ0n) is 12.2. The van der Waals surface area contributed by atoms with E-state index in [2.05, 4.69) is 5.32 Å². The molecule has 1 heterocycles. The summed E-state index contributed by atoms with van der Waals surface area (Å²) < 4.78 is 0. The monoisotopic (exact) mass is 315 g/mol. The quantitative estimate of drug-likeness (QED) is 0.767. The third-order valence-electron chi connectivity index (χ3n) is 3.65. The fraction of sp³-hybridized carbons (Fsp3) is 0.769. The minimum Gasteiger partial charge on any atom is -0.480 e. The first-order valence-corrected chi connectivity index (χ1v) is 8.15. The number of carbonyl (C=O) groups is 3. The van der Waals surface area contributed by atoms with Crippen molar-refractivity contribution in [2.75, 3.05) is 25.9 Å². The van der Waals surface area contributed by atoms with Crippen LogP contribution in [0.3, 0.4) is 0 Å². The second kappa shape index (κ2) is 6.55. The largest absolute Gasteiger partial charge is 0.480 e. The van der Waals surface area contributed by atoms with E-state index in [9.17, 15) is 19.5 Å². The van der Waals surface area contributed by atoms with E-state index in [-0.39, 0.29) is 23.9 Å². The highest BCUT2D eigenvalue weighted by Gasteiger charge is 2.48. The zero-order chi connectivity index (χ0) is 15.6. The van der Waals surface area contributed by atoms with Crippen LogP contribution >= 0.6 is 11.8 Å². The van der Waals surface area contributed by atoms with Gasteiger partial charge in [0, 0.05) is 19.3 Å². The average Bonchev–Trinajstić information content (AvgIpc) is 3.16. The molecule has 0 aromatic heterocycles. The van der Waals surface area contributed by atoms with Crippen LogP contribution < -0.4 is 5.32 Å². The van der Waals surface area contributed by atoms with Crippen LogP contribution in [0.4, 0.5) is 4.79 Å². The highest BCUT2D eigenvalue weighted by molar-refractivity contribution is 8.00. The Hall–Kier alpha value is -1.44. The smallest absolute Gasteiger partial charge is 0.327 e. The summed E-state index contributed by atoms with van der Waals surface area (Å²) in [5.41, 5.74) is 0. The first kappa shape index (κ1) is 15.9. The number of aliphatic carboxylic acids is 1. The Bertz CT molecular complexity index is 441. The highest BCUT2D eigenvalue weighted by atomic mass is 32.2. The summed E-state index contributed by atoms with van der Waals surface area (Å²) in [6.45, 7) is 2.25. The molecule has 2 aliphatic rings. The molecule has 0 aromatic carbocycles. The lowest BCUT2D eigenvalue weighted by Gasteiger charge is -2.31. The van der Waals surface area contributed by atoms with Gasteiger partial charge < -0.3 is 15.3 Å². The number of nitrogens with zero attached hydrogens (tertiary/aromatic N) is 2. The van der Waals surface area contributed by atoms with Crippen molar-refractivity contribution >= 4 is 29.7 Å². The van der Waals surface area contributed by atoms with E-state index in [0.717, 1.165) is 12.8 Å². The molecule has 1 saturated carbocycles. The highest BCUT2D eigenvalue weighted by Crippen LogP contribution is 2.45. The van der Waals surface area contributed by atoms with E-state index in [0.29, 0.717) is 18.2 Å². The SMILES string of the molecule is CCNC(=O)CN(C)C(=O)N1C(C(=O)O)CSC1C1CC1. The van der Waals surface area contributed by atoms with Crippen molar-refractivity contribution in [3.8, 4) is 0 Å². The van der Waals surface area contributed by atoms with Crippen LogP contribution in [0.2, 0.25) is 0 Å². The van der Waals surface area contributed by atoms with E-state index in [1.807, 2.05) is 0 Å². The molecule has 0 spiro atoms. The lowest BCUT2D eigenvalue weighted by Crippen LogP contribution is -2.52. The first-order valence-electron chi connectivity index (χ1n) is 7.10. The van der Waals surface area contributed by atoms with Crippen molar-refractivity contribution in [1.82, 2.24) is 15.1 Å². The average molecular weight is 315 g/mol. The molecule has 0 aromatic rings. The van der Waals surface area contributed by atoms with Gasteiger partial charge in [0.1, 0.15) is 12.6 Å². The lowest BCUT2D eigenvalue weighted by atomic mass is 10.2. The van der Waals surface area contributed by atoms with Gasteiger partial charge in [-0.25, -0.2) is 9.59 Å². The number of carboxylic acid groups (broad SMARTS) is 1. The molecule has 118 valence electrons. The van der Waals surface area contributed by atoms with Crippen LogP contribution in [0.15, 0.2) is 0 Å². The second-order valence-electron chi connectivity index (χ2n) is 5.41. The summed E-state index contributed by atoms with van der Waals surface area (Å²) in [6, 6.07) is -1.18. The van der Waals surface area contributed by atoms with Gasteiger partial charge in [0.15, 0.2) is 0 Å². The number of amides is 3. The van der Waals surface area contributed by atoms with Gasteiger partial charge in [-0.1, -0.05) is 0 Å². The van der Waals surface area contributed by atoms with Gasteiger partial charge in [0.05, 0.1) is 5.37 Å². The summed E-state index contributed by atoms with van der Waals surface area (Å²) in [7, 11) is 1.53. The van der Waals surface area contributed by atoms with E-state index >= 15 is 0 Å². The van der Waals surface area contributed by atoms with E-state index < -0.39 is 12.0 Å². The maximum Gasteiger partial charge on any atom is 0.327 e. The molecule has 1 aliphatic carbocycles. The van der Waals surface area contributed by atoms with Crippen LogP contribution in [0.5, 0.6) is 0 Å². The van der Waals surface area contributed by atoms with E-state index in [4.69, 9.17) is 0 Å². The number of carbonyl (C=O) groups excluding carboxylic acids is 2. The third kappa shape index (κ3) is 3.61. The molecule has 2 N–H and O–H groups in total. The summed E-state index contributed by atoms with van der Waals surface area (Å²) in [4.78, 5) is 38.2. The Morgan fingerprint density at radius 1 is 1.38 bits per heavy atom. The molecular formula is C13H21N3O4S. The van der Waals surface area contributed by atoms with Crippen molar-refractivity contribution in [2.45, 2.75) is 31.2 Å². The van der Waals surface area contributed by atoms with Crippen molar-refractivity contribution in [1.29, 1.82) is 0 Å². The topological polar surface area (TPSA) is 90.0 Å². The zero-order valence-corrected chi connectivity index (χ0v) is 13.1. The number of rotatable bonds is 5. The molecule has 21 heavy (non-hydrogen) atoms. The Kier molecular flexibility index (Phi) is 4.97. The molecule has 3 amide bonds. The fourth-order valence-corrected chi connectivity index (χ4v) is 4.06. The van der Waals surface area contributed by atoms with Gasteiger partial charge in [-0.15, -0.1) is 11.8 Å². The number of urea groups is 1. The Balaban J connectivity index is 2.05. The number of nitrogens with one attached hydrogen (secondary N) is 1. The van der Waals surface area contributed by atoms with Crippen molar-refractivity contribution in [3.05, 3.63) is 0 Å². The van der Waals surface area contributed by atoms with Crippen molar-refractivity contribution < 1.29 is 19.5 Å². The standard InChI is InChI=1S/C13H21N3O4S/c1-3-14-10(17)6-15(2)13(20)16-9(12(18)19)7-21-11(16)8-4-5-8/h8-9,11H,3-7H2,1-2H3,(H,14,17)(H,18,19). The number of carboxylic acids is 1. The summed E-state index contributed by atoms with van der Waals surface area (Å²) in [5.74, 6) is -0.418. The minimum absolute atomic E-state index is 0.0580. The van der Waals surface area contributed by atoms with E-state index in [1.165, 1.54) is 28.6 Å². The molecule has 2 rings (SSSR count). The maximum atomic E-state index is 12.5. The molecular weight excluding hydrogens is 294 g/mol. The molecule has 2 fully saturated rings. The van der Waals surface area contributed by atoms with Gasteiger partial charge in [0.2, 0.25) is 5.91 Å². The normalized spacial score (nSPS) is 24.8. The van der Waals surface area contributed by atoms with Crippen LogP contribution in [-0.2, 0) is 9.59 Å². The Morgan fingerprint density at radius 2 is 2.05 bits per heavy atom. The molecule has 1 aliphatic heterocycles. The predicted octanol–water partition coefficient (Wildman–Crippen LogP) is 0.412. The van der Waals surface area contributed by atoms with Crippen LogP contribution in [0, 0.1) is 5.92 Å². The third-order valence-corrected chi connectivity index (χ3v) is 5.11. The van der Waals surface area contributed by atoms with Gasteiger partial charge in [-0.05, 0) is 25.7 Å². The van der Waals surface area contributed by atoms with Gasteiger partial charge >= 0.3 is 12.0 Å². The number of hydrogen-bond donors (Lipinski definition) is 2. The van der Waals surface area contributed by atoms with Crippen molar-refractivity contribution in [2.24, 2.45) is 5.92 Å². The molecule has 2 unspecified atom stereocenters. The van der Waals surface area contributed by atoms with Crippen LogP contribution in [0.25, 0.3) is 0 Å². The predicted molar refractivity (Wildman–Crippen MR) is 78.9 cm³/mol. The van der Waals surface area contributed by atoms with Crippen molar-refractivity contribution in [3.63, 3.8) is 0 Å². The van der Waals surface area contributed by atoms with Gasteiger partial charge in [0.25, 0.3) is 0 Å². The Labute approximate surface area is 128 Å². The Morgan fingerprint density at radius 3 is 2.57 bits per heavy atom. The summed E-state index contributed by atoms with van der Waals surface area (Å²) in [5, 5.41) is 11.9. The van der Waals surface area contributed by atoms with Gasteiger partial charge in [-0.2, -0.15) is 0 Å². The number of hydrogen-bond acceptors (Lipinski definition) is 4. The van der Waals surface area contributed by atoms with Crippen LogP contribution in [0.1, 0.15) is 19.8 Å². The minimum atomic E-state index is -0.981. The molecule has 7 nitrogen and oxygen atoms in total. The fourth-order valence-electron chi connectivity index (χ4n) is 2.44. The number of thioether (sulfide) groups is 1. The molecule has 2 atom stereocenters. The molecule has 0 bridgehead atoms. The summed E-state index contributed by atoms with van der Waals surface area (Å²) >= 11 is 1.53.